The SMILES string of the molecule is COC(=O)CCCCCCCCCCCCCCC(C)C(C)CCCCCCCCCCCCC(=O)OC. The molecule has 0 N–H and O–H groups in total. The molecule has 2 atom stereocenters. The van der Waals surface area contributed by atoms with Crippen LogP contribution in [-0.2, 0) is 19.1 Å². The summed E-state index contributed by atoms with van der Waals surface area (Å²) in [4.78, 5) is 22.1. The largest absolute Gasteiger partial charge is 0.469 e. The van der Waals surface area contributed by atoms with Crippen LogP contribution in [0.1, 0.15) is 181 Å². The maximum Gasteiger partial charge on any atom is 0.305 e. The highest BCUT2D eigenvalue weighted by Crippen LogP contribution is 2.24. The molecule has 4 nitrogen and oxygen atoms in total. The Labute approximate surface area is 237 Å². The van der Waals surface area contributed by atoms with Crippen LogP contribution in [0, 0.1) is 11.8 Å². The third-order valence-corrected chi connectivity index (χ3v) is 8.51. The highest BCUT2D eigenvalue weighted by atomic mass is 16.5. The Kier molecular flexibility index (Phi) is 28.1. The van der Waals surface area contributed by atoms with Gasteiger partial charge in [-0.05, 0) is 24.7 Å². The standard InChI is InChI=1S/C34H66O4/c1-31(27-23-19-15-11-7-5-6-8-13-17-21-25-29-33(35)37-3)32(2)28-24-20-16-12-9-10-14-18-22-26-30-34(36)38-4/h31-32H,5-30H2,1-4H3. The van der Waals surface area contributed by atoms with Crippen LogP contribution in [0.5, 0.6) is 0 Å². The molecule has 0 saturated heterocycles. The molecule has 0 aliphatic carbocycles. The lowest BCUT2D eigenvalue weighted by atomic mass is 9.86. The van der Waals surface area contributed by atoms with Crippen molar-refractivity contribution in [3.63, 3.8) is 0 Å². The Balaban J connectivity index is 3.32. The average molecular weight is 539 g/mol. The summed E-state index contributed by atoms with van der Waals surface area (Å²) in [6, 6.07) is 0. The van der Waals surface area contributed by atoms with Gasteiger partial charge in [0.05, 0.1) is 14.2 Å². The normalized spacial score (nSPS) is 12.8. The highest BCUT2D eigenvalue weighted by molar-refractivity contribution is 5.69. The first-order valence-corrected chi connectivity index (χ1v) is 16.6. The fraction of sp³-hybridized carbons (Fsp3) is 0.941. The van der Waals surface area contributed by atoms with E-state index in [4.69, 9.17) is 0 Å². The molecule has 0 rings (SSSR count). The van der Waals surface area contributed by atoms with E-state index in [1.54, 1.807) is 0 Å². The van der Waals surface area contributed by atoms with E-state index in [0.29, 0.717) is 12.8 Å². The average Bonchev–Trinajstić information content (AvgIpc) is 2.92. The van der Waals surface area contributed by atoms with E-state index in [1.807, 2.05) is 0 Å². The number of hydrogen-bond donors (Lipinski definition) is 0. The quantitative estimate of drug-likeness (QED) is 0.0702. The van der Waals surface area contributed by atoms with E-state index < -0.39 is 0 Å². The van der Waals surface area contributed by atoms with Crippen molar-refractivity contribution >= 4 is 11.9 Å². The number of hydrogen-bond acceptors (Lipinski definition) is 4. The minimum atomic E-state index is -0.0692. The van der Waals surface area contributed by atoms with Crippen LogP contribution in [0.15, 0.2) is 0 Å². The van der Waals surface area contributed by atoms with Crippen molar-refractivity contribution < 1.29 is 19.1 Å². The molecule has 226 valence electrons. The van der Waals surface area contributed by atoms with E-state index in [9.17, 15) is 9.59 Å². The molecule has 0 aromatic carbocycles. The number of carbonyl (C=O) groups is 2. The molecule has 0 saturated carbocycles. The molecule has 0 fully saturated rings. The van der Waals surface area contributed by atoms with Gasteiger partial charge in [-0.2, -0.15) is 0 Å². The van der Waals surface area contributed by atoms with E-state index in [2.05, 4.69) is 23.3 Å². The van der Waals surface area contributed by atoms with E-state index in [0.717, 1.165) is 37.5 Å². The summed E-state index contributed by atoms with van der Waals surface area (Å²) in [5, 5.41) is 0. The van der Waals surface area contributed by atoms with Crippen LogP contribution in [0.4, 0.5) is 0 Å². The van der Waals surface area contributed by atoms with E-state index in [-0.39, 0.29) is 11.9 Å². The van der Waals surface area contributed by atoms with Gasteiger partial charge in [-0.3, -0.25) is 9.59 Å². The molecule has 0 aromatic rings. The Morgan fingerprint density at radius 2 is 0.605 bits per heavy atom. The van der Waals surface area contributed by atoms with E-state index >= 15 is 0 Å². The van der Waals surface area contributed by atoms with Crippen LogP contribution < -0.4 is 0 Å². The summed E-state index contributed by atoms with van der Waals surface area (Å²) >= 11 is 0. The molecule has 0 aliphatic rings. The fourth-order valence-corrected chi connectivity index (χ4v) is 5.43. The highest BCUT2D eigenvalue weighted by Gasteiger charge is 2.11. The first-order chi connectivity index (χ1) is 18.5. The Bertz CT molecular complexity index is 519. The lowest BCUT2D eigenvalue weighted by Gasteiger charge is -2.19. The summed E-state index contributed by atoms with van der Waals surface area (Å²) in [6.45, 7) is 4.95. The summed E-state index contributed by atoms with van der Waals surface area (Å²) in [7, 11) is 2.94. The number of ether oxygens (including phenoxy) is 2. The predicted molar refractivity (Wildman–Crippen MR) is 162 cm³/mol. The molecule has 0 spiro atoms. The van der Waals surface area contributed by atoms with Crippen molar-refractivity contribution in [2.24, 2.45) is 11.8 Å². The van der Waals surface area contributed by atoms with E-state index in [1.165, 1.54) is 143 Å². The number of carbonyl (C=O) groups excluding carboxylic acids is 2. The van der Waals surface area contributed by atoms with Gasteiger partial charge >= 0.3 is 11.9 Å². The molecule has 0 amide bonds. The summed E-state index contributed by atoms with van der Waals surface area (Å²) in [5.74, 6) is 1.61. The van der Waals surface area contributed by atoms with Crippen molar-refractivity contribution in [3.05, 3.63) is 0 Å². The van der Waals surface area contributed by atoms with Crippen LogP contribution in [-0.4, -0.2) is 26.2 Å². The minimum Gasteiger partial charge on any atom is -0.469 e. The molecule has 0 bridgehead atoms. The Hall–Kier alpha value is -1.06. The molecular formula is C34H66O4. The summed E-state index contributed by atoms with van der Waals surface area (Å²) in [5.41, 5.74) is 0. The molecule has 0 radical (unpaired) electrons. The van der Waals surface area contributed by atoms with Crippen molar-refractivity contribution in [1.82, 2.24) is 0 Å². The Morgan fingerprint density at radius 3 is 0.842 bits per heavy atom. The number of rotatable bonds is 29. The first-order valence-electron chi connectivity index (χ1n) is 16.6. The van der Waals surface area contributed by atoms with Crippen molar-refractivity contribution in [3.8, 4) is 0 Å². The van der Waals surface area contributed by atoms with Gasteiger partial charge < -0.3 is 9.47 Å². The topological polar surface area (TPSA) is 52.6 Å². The van der Waals surface area contributed by atoms with Crippen molar-refractivity contribution in [1.29, 1.82) is 0 Å². The molecule has 0 aromatic heterocycles. The Morgan fingerprint density at radius 1 is 0.395 bits per heavy atom. The van der Waals surface area contributed by atoms with Gasteiger partial charge in [0.2, 0.25) is 0 Å². The minimum absolute atomic E-state index is 0.0689. The molecule has 4 heteroatoms. The first kappa shape index (κ1) is 36.9. The predicted octanol–water partition coefficient (Wildman–Crippen LogP) is 10.7. The third-order valence-electron chi connectivity index (χ3n) is 8.51. The van der Waals surface area contributed by atoms with Crippen LogP contribution in [0.3, 0.4) is 0 Å². The van der Waals surface area contributed by atoms with Gasteiger partial charge in [0.1, 0.15) is 0 Å². The van der Waals surface area contributed by atoms with Gasteiger partial charge in [-0.1, -0.05) is 155 Å². The number of esters is 2. The molecule has 2 unspecified atom stereocenters. The monoisotopic (exact) mass is 538 g/mol. The lowest BCUT2D eigenvalue weighted by molar-refractivity contribution is -0.141. The van der Waals surface area contributed by atoms with Crippen molar-refractivity contribution in [2.75, 3.05) is 14.2 Å². The maximum atomic E-state index is 11.1. The van der Waals surface area contributed by atoms with Gasteiger partial charge in [0, 0.05) is 12.8 Å². The molecule has 0 heterocycles. The third kappa shape index (κ3) is 26.5. The van der Waals surface area contributed by atoms with Crippen LogP contribution >= 0.6 is 0 Å². The second-order valence-corrected chi connectivity index (χ2v) is 12.0. The molecule has 38 heavy (non-hydrogen) atoms. The van der Waals surface area contributed by atoms with Crippen LogP contribution in [0.25, 0.3) is 0 Å². The second kappa shape index (κ2) is 28.9. The van der Waals surface area contributed by atoms with Gasteiger partial charge in [-0.15, -0.1) is 0 Å². The van der Waals surface area contributed by atoms with Gasteiger partial charge in [0.25, 0.3) is 0 Å². The van der Waals surface area contributed by atoms with Crippen molar-refractivity contribution in [2.45, 2.75) is 181 Å². The summed E-state index contributed by atoms with van der Waals surface area (Å²) in [6.07, 6.45) is 33.0. The lowest BCUT2D eigenvalue weighted by Crippen LogP contribution is -2.08. The zero-order valence-corrected chi connectivity index (χ0v) is 26.2. The zero-order chi connectivity index (χ0) is 28.1. The van der Waals surface area contributed by atoms with Gasteiger partial charge in [-0.25, -0.2) is 0 Å². The molecular weight excluding hydrogens is 472 g/mol. The van der Waals surface area contributed by atoms with Gasteiger partial charge in [0.15, 0.2) is 0 Å². The molecule has 0 aliphatic heterocycles. The number of methoxy groups -OCH3 is 2. The smallest absolute Gasteiger partial charge is 0.305 e. The maximum absolute atomic E-state index is 11.1. The van der Waals surface area contributed by atoms with Crippen LogP contribution in [0.2, 0.25) is 0 Å². The fourth-order valence-electron chi connectivity index (χ4n) is 5.43. The second-order valence-electron chi connectivity index (χ2n) is 12.0. The number of unbranched alkanes of at least 4 members (excludes halogenated alkanes) is 20. The summed E-state index contributed by atoms with van der Waals surface area (Å²) < 4.78 is 9.36. The zero-order valence-electron chi connectivity index (χ0n) is 26.2.